The summed E-state index contributed by atoms with van der Waals surface area (Å²) in [6, 6.07) is 3.36. The summed E-state index contributed by atoms with van der Waals surface area (Å²) < 4.78 is 28.7. The SMILES string of the molecule is NS(=O)(=O)c1cc(N2CCCC(OCC3CC3)C2)ccn1. The molecule has 1 saturated carbocycles. The third-order valence-electron chi connectivity index (χ3n) is 4.02. The number of hydrogen-bond acceptors (Lipinski definition) is 5. The van der Waals surface area contributed by atoms with Crippen LogP contribution in [0.2, 0.25) is 0 Å². The Kier molecular flexibility index (Phi) is 4.14. The fourth-order valence-corrected chi connectivity index (χ4v) is 3.11. The summed E-state index contributed by atoms with van der Waals surface area (Å²) in [7, 11) is -3.76. The van der Waals surface area contributed by atoms with Gasteiger partial charge in [0.05, 0.1) is 6.10 Å². The number of aromatic nitrogens is 1. The van der Waals surface area contributed by atoms with Crippen LogP contribution in [0.25, 0.3) is 0 Å². The molecule has 0 spiro atoms. The number of pyridine rings is 1. The van der Waals surface area contributed by atoms with E-state index in [0.29, 0.717) is 0 Å². The largest absolute Gasteiger partial charge is 0.376 e. The van der Waals surface area contributed by atoms with Gasteiger partial charge in [-0.25, -0.2) is 18.5 Å². The molecule has 2 aliphatic rings. The molecule has 6 nitrogen and oxygen atoms in total. The number of anilines is 1. The molecule has 1 aromatic heterocycles. The van der Waals surface area contributed by atoms with Gasteiger partial charge in [0.2, 0.25) is 0 Å². The molecule has 7 heteroatoms. The van der Waals surface area contributed by atoms with Gasteiger partial charge in [0.1, 0.15) is 0 Å². The van der Waals surface area contributed by atoms with Gasteiger partial charge in [0, 0.05) is 37.6 Å². The predicted molar refractivity (Wildman–Crippen MR) is 79.5 cm³/mol. The molecule has 0 radical (unpaired) electrons. The van der Waals surface area contributed by atoms with Crippen LogP contribution in [-0.4, -0.2) is 39.2 Å². The molecular weight excluding hydrogens is 290 g/mol. The molecule has 1 aliphatic carbocycles. The standard InChI is InChI=1S/C14H21N3O3S/c15-21(18,19)14-8-12(5-6-16-14)17-7-1-2-13(9-17)20-10-11-3-4-11/h5-6,8,11,13H,1-4,7,9-10H2,(H2,15,18,19). The smallest absolute Gasteiger partial charge is 0.255 e. The minimum Gasteiger partial charge on any atom is -0.376 e. The van der Waals surface area contributed by atoms with E-state index in [1.807, 2.05) is 6.07 Å². The summed E-state index contributed by atoms with van der Waals surface area (Å²) in [6.45, 7) is 2.55. The lowest BCUT2D eigenvalue weighted by Gasteiger charge is -2.34. The van der Waals surface area contributed by atoms with Gasteiger partial charge in [-0.3, -0.25) is 0 Å². The first-order valence-corrected chi connectivity index (χ1v) is 8.92. The maximum absolute atomic E-state index is 11.4. The second kappa shape index (κ2) is 5.90. The van der Waals surface area contributed by atoms with Gasteiger partial charge in [-0.15, -0.1) is 0 Å². The van der Waals surface area contributed by atoms with Crippen molar-refractivity contribution in [1.82, 2.24) is 4.98 Å². The Balaban J connectivity index is 1.67. The van der Waals surface area contributed by atoms with Gasteiger partial charge in [-0.2, -0.15) is 0 Å². The minimum atomic E-state index is -3.76. The Morgan fingerprint density at radius 3 is 2.90 bits per heavy atom. The molecule has 0 bridgehead atoms. The lowest BCUT2D eigenvalue weighted by atomic mass is 10.1. The third-order valence-corrected chi connectivity index (χ3v) is 4.82. The summed E-state index contributed by atoms with van der Waals surface area (Å²) in [4.78, 5) is 5.97. The molecule has 1 aliphatic heterocycles. The summed E-state index contributed by atoms with van der Waals surface area (Å²) in [5.41, 5.74) is 0.841. The Labute approximate surface area is 125 Å². The second-order valence-corrected chi connectivity index (χ2v) is 7.39. The quantitative estimate of drug-likeness (QED) is 0.881. The van der Waals surface area contributed by atoms with Gasteiger partial charge < -0.3 is 9.64 Å². The van der Waals surface area contributed by atoms with E-state index in [4.69, 9.17) is 9.88 Å². The predicted octanol–water partition coefficient (Wildman–Crippen LogP) is 1.12. The fraction of sp³-hybridized carbons (Fsp3) is 0.643. The van der Waals surface area contributed by atoms with Crippen LogP contribution in [0.4, 0.5) is 5.69 Å². The second-order valence-electron chi connectivity index (χ2n) is 5.88. The summed E-state index contributed by atoms with van der Waals surface area (Å²) in [5.74, 6) is 0.760. The monoisotopic (exact) mass is 311 g/mol. The number of nitrogens with zero attached hydrogens (tertiary/aromatic N) is 2. The van der Waals surface area contributed by atoms with Crippen molar-refractivity contribution in [2.75, 3.05) is 24.6 Å². The molecule has 1 aromatic rings. The number of piperidine rings is 1. The summed E-state index contributed by atoms with van der Waals surface area (Å²) in [5, 5.41) is 5.05. The molecule has 1 unspecified atom stereocenters. The van der Waals surface area contributed by atoms with E-state index in [-0.39, 0.29) is 11.1 Å². The number of nitrogens with two attached hydrogens (primary N) is 1. The third kappa shape index (κ3) is 3.93. The van der Waals surface area contributed by atoms with Crippen LogP contribution in [0.15, 0.2) is 23.4 Å². The fourth-order valence-electron chi connectivity index (χ4n) is 2.62. The molecule has 1 saturated heterocycles. The average molecular weight is 311 g/mol. The number of primary sulfonamides is 1. The Hall–Kier alpha value is -1.18. The van der Waals surface area contributed by atoms with Gasteiger partial charge in [-0.05, 0) is 37.7 Å². The lowest BCUT2D eigenvalue weighted by Crippen LogP contribution is -2.40. The van der Waals surface area contributed by atoms with Crippen molar-refractivity contribution in [1.29, 1.82) is 0 Å². The lowest BCUT2D eigenvalue weighted by molar-refractivity contribution is 0.0368. The Morgan fingerprint density at radius 2 is 2.19 bits per heavy atom. The molecule has 1 atom stereocenters. The van der Waals surface area contributed by atoms with Crippen molar-refractivity contribution in [3.05, 3.63) is 18.3 Å². The van der Waals surface area contributed by atoms with E-state index < -0.39 is 10.0 Å². The first kappa shape index (κ1) is 14.7. The van der Waals surface area contributed by atoms with Gasteiger partial charge in [0.25, 0.3) is 10.0 Å². The highest BCUT2D eigenvalue weighted by atomic mass is 32.2. The van der Waals surface area contributed by atoms with E-state index in [0.717, 1.165) is 44.1 Å². The van der Waals surface area contributed by atoms with Crippen LogP contribution < -0.4 is 10.0 Å². The van der Waals surface area contributed by atoms with E-state index >= 15 is 0 Å². The maximum Gasteiger partial charge on any atom is 0.255 e. The zero-order chi connectivity index (χ0) is 14.9. The molecule has 0 aromatic carbocycles. The van der Waals surface area contributed by atoms with E-state index in [9.17, 15) is 8.42 Å². The van der Waals surface area contributed by atoms with Crippen molar-refractivity contribution in [2.24, 2.45) is 11.1 Å². The van der Waals surface area contributed by atoms with Crippen molar-refractivity contribution in [2.45, 2.75) is 36.8 Å². The van der Waals surface area contributed by atoms with Gasteiger partial charge in [-0.1, -0.05) is 0 Å². The van der Waals surface area contributed by atoms with Crippen molar-refractivity contribution in [3.8, 4) is 0 Å². The van der Waals surface area contributed by atoms with Crippen LogP contribution in [0.5, 0.6) is 0 Å². The Morgan fingerprint density at radius 1 is 1.38 bits per heavy atom. The average Bonchev–Trinajstić information content (AvgIpc) is 3.29. The van der Waals surface area contributed by atoms with Crippen LogP contribution in [0, 0.1) is 5.92 Å². The van der Waals surface area contributed by atoms with E-state index in [2.05, 4.69) is 9.88 Å². The van der Waals surface area contributed by atoms with Gasteiger partial charge >= 0.3 is 0 Å². The van der Waals surface area contributed by atoms with E-state index in [1.165, 1.54) is 19.0 Å². The summed E-state index contributed by atoms with van der Waals surface area (Å²) in [6.07, 6.45) is 6.41. The molecular formula is C14H21N3O3S. The van der Waals surface area contributed by atoms with Crippen molar-refractivity contribution in [3.63, 3.8) is 0 Å². The zero-order valence-corrected chi connectivity index (χ0v) is 12.8. The van der Waals surface area contributed by atoms with Crippen molar-refractivity contribution >= 4 is 15.7 Å². The summed E-state index contributed by atoms with van der Waals surface area (Å²) >= 11 is 0. The Bertz CT molecular complexity index is 601. The number of ether oxygens (including phenoxy) is 1. The topological polar surface area (TPSA) is 85.5 Å². The minimum absolute atomic E-state index is 0.0824. The zero-order valence-electron chi connectivity index (χ0n) is 11.9. The molecule has 2 fully saturated rings. The van der Waals surface area contributed by atoms with Crippen LogP contribution in [0.1, 0.15) is 25.7 Å². The molecule has 2 N–H and O–H groups in total. The van der Waals surface area contributed by atoms with Crippen LogP contribution >= 0.6 is 0 Å². The molecule has 116 valence electrons. The highest BCUT2D eigenvalue weighted by Gasteiger charge is 2.26. The number of sulfonamides is 1. The first-order chi connectivity index (χ1) is 10.0. The van der Waals surface area contributed by atoms with Gasteiger partial charge in [0.15, 0.2) is 5.03 Å². The molecule has 0 amide bonds. The number of rotatable bonds is 5. The maximum atomic E-state index is 11.4. The van der Waals surface area contributed by atoms with Crippen LogP contribution in [0.3, 0.4) is 0 Å². The highest BCUT2D eigenvalue weighted by molar-refractivity contribution is 7.89. The highest BCUT2D eigenvalue weighted by Crippen LogP contribution is 2.30. The first-order valence-electron chi connectivity index (χ1n) is 7.38. The molecule has 3 rings (SSSR count). The van der Waals surface area contributed by atoms with Crippen molar-refractivity contribution < 1.29 is 13.2 Å². The molecule has 2 heterocycles. The van der Waals surface area contributed by atoms with E-state index in [1.54, 1.807) is 6.07 Å². The molecule has 21 heavy (non-hydrogen) atoms. The number of hydrogen-bond donors (Lipinski definition) is 1. The normalized spacial score (nSPS) is 23.3. The van der Waals surface area contributed by atoms with Crippen LogP contribution in [-0.2, 0) is 14.8 Å².